The van der Waals surface area contributed by atoms with E-state index in [9.17, 15) is 13.2 Å². The van der Waals surface area contributed by atoms with Crippen LogP contribution in [0, 0.1) is 6.92 Å². The Labute approximate surface area is 182 Å². The number of benzene rings is 2. The number of fused-ring (bicyclic) bond motifs is 1. The lowest BCUT2D eigenvalue weighted by Gasteiger charge is -2.30. The van der Waals surface area contributed by atoms with Crippen molar-refractivity contribution in [3.63, 3.8) is 0 Å². The van der Waals surface area contributed by atoms with Gasteiger partial charge in [-0.05, 0) is 49.6 Å². The van der Waals surface area contributed by atoms with Gasteiger partial charge >= 0.3 is 0 Å². The number of nitrogens with zero attached hydrogens (tertiary/aromatic N) is 2. The molecule has 1 amide bonds. The summed E-state index contributed by atoms with van der Waals surface area (Å²) in [5.41, 5.74) is 2.47. The number of piperidine rings is 1. The Bertz CT molecular complexity index is 1030. The van der Waals surface area contributed by atoms with E-state index in [0.29, 0.717) is 18.8 Å². The normalized spacial score (nSPS) is 17.4. The third kappa shape index (κ3) is 4.50. The summed E-state index contributed by atoms with van der Waals surface area (Å²) in [4.78, 5) is 16.3. The molecule has 0 aromatic heterocycles. The molecule has 2 aromatic rings. The average molecular weight is 446 g/mol. The van der Waals surface area contributed by atoms with Crippen molar-refractivity contribution in [2.75, 3.05) is 42.1 Å². The molecule has 6 nitrogen and oxygen atoms in total. The van der Waals surface area contributed by atoms with Gasteiger partial charge in [-0.3, -0.25) is 4.79 Å². The number of hydrogen-bond donors (Lipinski definition) is 1. The fourth-order valence-electron chi connectivity index (χ4n) is 3.90. The number of carbonyl (C=O) groups excluding carboxylic acids is 1. The van der Waals surface area contributed by atoms with E-state index in [1.165, 1.54) is 4.90 Å². The third-order valence-electron chi connectivity index (χ3n) is 5.60. The van der Waals surface area contributed by atoms with E-state index in [2.05, 4.69) is 16.3 Å². The largest absolute Gasteiger partial charge is 0.360 e. The van der Waals surface area contributed by atoms with E-state index in [1.54, 1.807) is 34.3 Å². The molecular weight excluding hydrogens is 418 g/mol. The summed E-state index contributed by atoms with van der Waals surface area (Å²) < 4.78 is 27.5. The van der Waals surface area contributed by atoms with E-state index in [1.807, 2.05) is 25.1 Å². The van der Waals surface area contributed by atoms with Crippen molar-refractivity contribution in [1.29, 1.82) is 0 Å². The number of aryl methyl sites for hydroxylation is 1. The maximum Gasteiger partial charge on any atom is 0.243 e. The van der Waals surface area contributed by atoms with Crippen molar-refractivity contribution in [2.45, 2.75) is 36.0 Å². The van der Waals surface area contributed by atoms with Crippen LogP contribution in [0.25, 0.3) is 0 Å². The molecule has 160 valence electrons. The van der Waals surface area contributed by atoms with Gasteiger partial charge in [-0.2, -0.15) is 4.31 Å². The van der Waals surface area contributed by atoms with Crippen LogP contribution in [0.2, 0.25) is 0 Å². The van der Waals surface area contributed by atoms with Crippen molar-refractivity contribution in [3.8, 4) is 0 Å². The molecule has 0 saturated carbocycles. The molecule has 2 aliphatic rings. The van der Waals surface area contributed by atoms with Crippen molar-refractivity contribution < 1.29 is 13.2 Å². The lowest BCUT2D eigenvalue weighted by Crippen LogP contribution is -2.37. The van der Waals surface area contributed by atoms with E-state index in [0.717, 1.165) is 42.8 Å². The van der Waals surface area contributed by atoms with Gasteiger partial charge in [0, 0.05) is 36.0 Å². The zero-order chi connectivity index (χ0) is 21.1. The Morgan fingerprint density at radius 2 is 1.83 bits per heavy atom. The zero-order valence-electron chi connectivity index (χ0n) is 17.1. The highest BCUT2D eigenvalue weighted by Gasteiger charge is 2.27. The standard InChI is InChI=1S/C22H27N3O3S2/c1-17-9-10-18(30(27,28)25-11-5-2-6-12-25)15-19(17)23-22(26)16-24-13-14-29-21-8-4-3-7-20(21)24/h3-4,7-10,15H,2,5-6,11-14,16H2,1H3,(H,23,26). The molecular formula is C22H27N3O3S2. The van der Waals surface area contributed by atoms with Crippen LogP contribution >= 0.6 is 11.8 Å². The van der Waals surface area contributed by atoms with Crippen LogP contribution < -0.4 is 10.2 Å². The second-order valence-electron chi connectivity index (χ2n) is 7.73. The first-order chi connectivity index (χ1) is 14.4. The maximum absolute atomic E-state index is 13.0. The number of anilines is 2. The average Bonchev–Trinajstić information content (AvgIpc) is 2.76. The van der Waals surface area contributed by atoms with Gasteiger partial charge < -0.3 is 10.2 Å². The van der Waals surface area contributed by atoms with Gasteiger partial charge in [0.25, 0.3) is 0 Å². The summed E-state index contributed by atoms with van der Waals surface area (Å²) >= 11 is 1.80. The highest BCUT2D eigenvalue weighted by Crippen LogP contribution is 2.34. The van der Waals surface area contributed by atoms with Crippen LogP contribution in [0.3, 0.4) is 0 Å². The summed E-state index contributed by atoms with van der Waals surface area (Å²) in [5.74, 6) is 0.791. The van der Waals surface area contributed by atoms with Gasteiger partial charge in [0.05, 0.1) is 17.1 Å². The van der Waals surface area contributed by atoms with Crippen LogP contribution in [-0.2, 0) is 14.8 Å². The first kappa shape index (κ1) is 21.2. The molecule has 1 N–H and O–H groups in total. The summed E-state index contributed by atoms with van der Waals surface area (Å²) in [7, 11) is -3.54. The maximum atomic E-state index is 13.0. The molecule has 8 heteroatoms. The molecule has 2 heterocycles. The number of thioether (sulfide) groups is 1. The summed E-state index contributed by atoms with van der Waals surface area (Å²) in [6, 6.07) is 13.1. The second kappa shape index (κ2) is 8.99. The van der Waals surface area contributed by atoms with Crippen LogP contribution in [0.15, 0.2) is 52.3 Å². The number of rotatable bonds is 5. The quantitative estimate of drug-likeness (QED) is 0.760. The van der Waals surface area contributed by atoms with Gasteiger partial charge in [-0.15, -0.1) is 11.8 Å². The van der Waals surface area contributed by atoms with Gasteiger partial charge in [0.2, 0.25) is 15.9 Å². The van der Waals surface area contributed by atoms with E-state index in [-0.39, 0.29) is 17.3 Å². The van der Waals surface area contributed by atoms with Crippen molar-refractivity contribution in [2.24, 2.45) is 0 Å². The number of carbonyl (C=O) groups is 1. The van der Waals surface area contributed by atoms with Gasteiger partial charge in [-0.1, -0.05) is 24.6 Å². The molecule has 0 atom stereocenters. The lowest BCUT2D eigenvalue weighted by molar-refractivity contribution is -0.115. The van der Waals surface area contributed by atoms with Gasteiger partial charge in [0.15, 0.2) is 0 Å². The second-order valence-corrected chi connectivity index (χ2v) is 10.8. The Balaban J connectivity index is 1.50. The number of para-hydroxylation sites is 1. The minimum Gasteiger partial charge on any atom is -0.360 e. The van der Waals surface area contributed by atoms with Crippen molar-refractivity contribution >= 4 is 39.1 Å². The number of nitrogens with one attached hydrogen (secondary N) is 1. The summed E-state index contributed by atoms with van der Waals surface area (Å²) in [5, 5.41) is 2.93. The van der Waals surface area contributed by atoms with Crippen LogP contribution in [0.4, 0.5) is 11.4 Å². The topological polar surface area (TPSA) is 69.7 Å². The predicted octanol–water partition coefficient (Wildman–Crippen LogP) is 3.72. The fraction of sp³-hybridized carbons (Fsp3) is 0.409. The Morgan fingerprint density at radius 1 is 1.07 bits per heavy atom. The number of amides is 1. The summed E-state index contributed by atoms with van der Waals surface area (Å²) in [6.45, 7) is 4.03. The molecule has 1 fully saturated rings. The van der Waals surface area contributed by atoms with Crippen molar-refractivity contribution in [3.05, 3.63) is 48.0 Å². The van der Waals surface area contributed by atoms with Crippen LogP contribution in [-0.4, -0.2) is 50.6 Å². The predicted molar refractivity (Wildman–Crippen MR) is 122 cm³/mol. The molecule has 0 bridgehead atoms. The Morgan fingerprint density at radius 3 is 2.63 bits per heavy atom. The highest BCUT2D eigenvalue weighted by atomic mass is 32.2. The molecule has 2 aromatic carbocycles. The first-order valence-corrected chi connectivity index (χ1v) is 12.8. The molecule has 4 rings (SSSR count). The molecule has 1 saturated heterocycles. The molecule has 0 aliphatic carbocycles. The van der Waals surface area contributed by atoms with Crippen LogP contribution in [0.1, 0.15) is 24.8 Å². The molecule has 0 unspecified atom stereocenters. The summed E-state index contributed by atoms with van der Waals surface area (Å²) in [6.07, 6.45) is 2.86. The Kier molecular flexibility index (Phi) is 6.36. The molecule has 2 aliphatic heterocycles. The highest BCUT2D eigenvalue weighted by molar-refractivity contribution is 7.99. The van der Waals surface area contributed by atoms with Crippen LogP contribution in [0.5, 0.6) is 0 Å². The van der Waals surface area contributed by atoms with Gasteiger partial charge in [-0.25, -0.2) is 8.42 Å². The number of hydrogen-bond acceptors (Lipinski definition) is 5. The lowest BCUT2D eigenvalue weighted by atomic mass is 10.2. The van der Waals surface area contributed by atoms with Crippen molar-refractivity contribution in [1.82, 2.24) is 4.31 Å². The zero-order valence-corrected chi connectivity index (χ0v) is 18.8. The third-order valence-corrected chi connectivity index (χ3v) is 8.53. The molecule has 0 radical (unpaired) electrons. The minimum absolute atomic E-state index is 0.146. The Hall–Kier alpha value is -2.03. The van der Waals surface area contributed by atoms with E-state index < -0.39 is 10.0 Å². The van der Waals surface area contributed by atoms with E-state index >= 15 is 0 Å². The monoisotopic (exact) mass is 445 g/mol. The molecule has 0 spiro atoms. The minimum atomic E-state index is -3.54. The van der Waals surface area contributed by atoms with E-state index in [4.69, 9.17) is 0 Å². The number of sulfonamides is 1. The smallest absolute Gasteiger partial charge is 0.243 e. The first-order valence-electron chi connectivity index (χ1n) is 10.3. The van der Waals surface area contributed by atoms with Gasteiger partial charge in [0.1, 0.15) is 0 Å². The molecule has 30 heavy (non-hydrogen) atoms. The SMILES string of the molecule is Cc1ccc(S(=O)(=O)N2CCCCC2)cc1NC(=O)CN1CCSc2ccccc21. The fourth-order valence-corrected chi connectivity index (χ4v) is 6.50.